The molecule has 0 unspecified atom stereocenters. The first-order chi connectivity index (χ1) is 12.2. The van der Waals surface area contributed by atoms with E-state index in [2.05, 4.69) is 11.4 Å². The van der Waals surface area contributed by atoms with Crippen LogP contribution in [0, 0.1) is 11.3 Å². The maximum absolute atomic E-state index is 12.3. The van der Waals surface area contributed by atoms with E-state index < -0.39 is 0 Å². The van der Waals surface area contributed by atoms with Gasteiger partial charge in [0.15, 0.2) is 0 Å². The van der Waals surface area contributed by atoms with Gasteiger partial charge in [0.25, 0.3) is 5.91 Å². The van der Waals surface area contributed by atoms with Crippen molar-refractivity contribution in [2.24, 2.45) is 0 Å². The van der Waals surface area contributed by atoms with Crippen molar-refractivity contribution in [3.63, 3.8) is 0 Å². The fourth-order valence-corrected chi connectivity index (χ4v) is 2.81. The van der Waals surface area contributed by atoms with Gasteiger partial charge in [-0.05, 0) is 35.7 Å². The van der Waals surface area contributed by atoms with Gasteiger partial charge < -0.3 is 15.0 Å². The second kappa shape index (κ2) is 7.54. The molecule has 126 valence electrons. The van der Waals surface area contributed by atoms with Crippen molar-refractivity contribution in [3.05, 3.63) is 71.4 Å². The number of para-hydroxylation sites is 1. The third-order valence-corrected chi connectivity index (χ3v) is 4.19. The monoisotopic (exact) mass is 333 g/mol. The number of rotatable bonds is 5. The highest BCUT2D eigenvalue weighted by Crippen LogP contribution is 2.28. The molecule has 25 heavy (non-hydrogen) atoms. The highest BCUT2D eigenvalue weighted by Gasteiger charge is 2.19. The second-order valence-electron chi connectivity index (χ2n) is 5.76. The third-order valence-electron chi connectivity index (χ3n) is 4.19. The normalized spacial score (nSPS) is 13.1. The molecule has 1 aliphatic rings. The van der Waals surface area contributed by atoms with Gasteiger partial charge in [-0.3, -0.25) is 4.79 Å². The van der Waals surface area contributed by atoms with Gasteiger partial charge in [0.1, 0.15) is 17.4 Å². The SMILES string of the molecule is COc1ccc(CNC(=O)/C(C#N)=C\N2CCc3ccccc32)cc1. The number of amides is 1. The van der Waals surface area contributed by atoms with Gasteiger partial charge in [0.2, 0.25) is 0 Å². The minimum absolute atomic E-state index is 0.102. The first-order valence-corrected chi connectivity index (χ1v) is 8.09. The van der Waals surface area contributed by atoms with Crippen molar-refractivity contribution < 1.29 is 9.53 Å². The average Bonchev–Trinajstić information content (AvgIpc) is 3.07. The molecule has 5 heteroatoms. The van der Waals surface area contributed by atoms with E-state index in [1.165, 1.54) is 5.56 Å². The van der Waals surface area contributed by atoms with Gasteiger partial charge in [-0.1, -0.05) is 30.3 Å². The Bertz CT molecular complexity index is 835. The molecule has 1 amide bonds. The van der Waals surface area contributed by atoms with E-state index >= 15 is 0 Å². The Kier molecular flexibility index (Phi) is 5.00. The lowest BCUT2D eigenvalue weighted by atomic mass is 10.2. The first-order valence-electron chi connectivity index (χ1n) is 8.09. The number of hydrogen-bond donors (Lipinski definition) is 1. The number of benzene rings is 2. The van der Waals surface area contributed by atoms with Crippen molar-refractivity contribution in [2.45, 2.75) is 13.0 Å². The number of carbonyl (C=O) groups excluding carboxylic acids is 1. The van der Waals surface area contributed by atoms with Crippen LogP contribution in [0.1, 0.15) is 11.1 Å². The molecule has 0 atom stereocenters. The van der Waals surface area contributed by atoms with Crippen molar-refractivity contribution >= 4 is 11.6 Å². The minimum Gasteiger partial charge on any atom is -0.497 e. The lowest BCUT2D eigenvalue weighted by molar-refractivity contribution is -0.117. The molecular formula is C20H19N3O2. The van der Waals surface area contributed by atoms with Crippen molar-refractivity contribution in [2.75, 3.05) is 18.6 Å². The Morgan fingerprint density at radius 1 is 1.28 bits per heavy atom. The molecule has 0 radical (unpaired) electrons. The summed E-state index contributed by atoms with van der Waals surface area (Å²) in [6, 6.07) is 17.5. The molecule has 0 spiro atoms. The van der Waals surface area contributed by atoms with Crippen LogP contribution in [-0.4, -0.2) is 19.6 Å². The number of nitrogens with zero attached hydrogens (tertiary/aromatic N) is 2. The van der Waals surface area contributed by atoms with Crippen LogP contribution in [-0.2, 0) is 17.8 Å². The number of ether oxygens (including phenoxy) is 1. The van der Waals surface area contributed by atoms with Crippen molar-refractivity contribution in [1.29, 1.82) is 5.26 Å². The second-order valence-corrected chi connectivity index (χ2v) is 5.76. The van der Waals surface area contributed by atoms with Crippen molar-refractivity contribution in [3.8, 4) is 11.8 Å². The van der Waals surface area contributed by atoms with Crippen LogP contribution < -0.4 is 15.0 Å². The molecule has 0 fully saturated rings. The lowest BCUT2D eigenvalue weighted by Crippen LogP contribution is -2.26. The average molecular weight is 333 g/mol. The predicted molar refractivity (Wildman–Crippen MR) is 96.0 cm³/mol. The summed E-state index contributed by atoms with van der Waals surface area (Å²) in [4.78, 5) is 14.3. The zero-order valence-electron chi connectivity index (χ0n) is 14.0. The summed E-state index contributed by atoms with van der Waals surface area (Å²) in [5, 5.41) is 12.1. The minimum atomic E-state index is -0.373. The molecule has 5 nitrogen and oxygen atoms in total. The van der Waals surface area contributed by atoms with Gasteiger partial charge in [-0.2, -0.15) is 5.26 Å². The van der Waals surface area contributed by atoms with E-state index in [1.54, 1.807) is 13.3 Å². The Balaban J connectivity index is 1.66. The number of methoxy groups -OCH3 is 1. The predicted octanol–water partition coefficient (Wildman–Crippen LogP) is 2.78. The maximum atomic E-state index is 12.3. The summed E-state index contributed by atoms with van der Waals surface area (Å²) in [5.41, 5.74) is 3.33. The summed E-state index contributed by atoms with van der Waals surface area (Å²) in [7, 11) is 1.61. The summed E-state index contributed by atoms with van der Waals surface area (Å²) in [6.45, 7) is 1.13. The molecule has 0 saturated heterocycles. The number of hydrogen-bond acceptors (Lipinski definition) is 4. The quantitative estimate of drug-likeness (QED) is 0.675. The van der Waals surface area contributed by atoms with Gasteiger partial charge in [-0.25, -0.2) is 0 Å². The van der Waals surface area contributed by atoms with E-state index in [-0.39, 0.29) is 11.5 Å². The molecule has 1 aliphatic heterocycles. The lowest BCUT2D eigenvalue weighted by Gasteiger charge is -2.14. The standard InChI is InChI=1S/C20H19N3O2/c1-25-18-8-6-15(7-9-18)13-22-20(24)17(12-21)14-23-11-10-16-4-2-3-5-19(16)23/h2-9,14H,10-11,13H2,1H3,(H,22,24)/b17-14-. The zero-order valence-corrected chi connectivity index (χ0v) is 14.0. The molecule has 3 rings (SSSR count). The van der Waals surface area contributed by atoms with Gasteiger partial charge in [0, 0.05) is 25.0 Å². The summed E-state index contributed by atoms with van der Waals surface area (Å²) >= 11 is 0. The summed E-state index contributed by atoms with van der Waals surface area (Å²) in [5.74, 6) is 0.392. The molecule has 1 heterocycles. The van der Waals surface area contributed by atoms with E-state index in [1.807, 2.05) is 53.4 Å². The zero-order chi connectivity index (χ0) is 17.6. The number of anilines is 1. The molecule has 2 aromatic carbocycles. The molecule has 0 saturated carbocycles. The van der Waals surface area contributed by atoms with Gasteiger partial charge >= 0.3 is 0 Å². The summed E-state index contributed by atoms with van der Waals surface area (Å²) < 4.78 is 5.11. The molecule has 0 aromatic heterocycles. The van der Waals surface area contributed by atoms with Gasteiger partial charge in [-0.15, -0.1) is 0 Å². The van der Waals surface area contributed by atoms with Crippen LogP contribution in [0.3, 0.4) is 0 Å². The van der Waals surface area contributed by atoms with Crippen LogP contribution in [0.2, 0.25) is 0 Å². The van der Waals surface area contributed by atoms with E-state index in [9.17, 15) is 10.1 Å². The number of carbonyl (C=O) groups is 1. The molecule has 2 aromatic rings. The molecule has 1 N–H and O–H groups in total. The van der Waals surface area contributed by atoms with Crippen LogP contribution >= 0.6 is 0 Å². The fourth-order valence-electron chi connectivity index (χ4n) is 2.81. The largest absolute Gasteiger partial charge is 0.497 e. The Morgan fingerprint density at radius 2 is 2.04 bits per heavy atom. The first kappa shape index (κ1) is 16.6. The third kappa shape index (κ3) is 3.81. The topological polar surface area (TPSA) is 65.4 Å². The van der Waals surface area contributed by atoms with Crippen LogP contribution in [0.4, 0.5) is 5.69 Å². The summed E-state index contributed by atoms with van der Waals surface area (Å²) in [6.07, 6.45) is 2.55. The van der Waals surface area contributed by atoms with E-state index in [4.69, 9.17) is 4.74 Å². The highest BCUT2D eigenvalue weighted by molar-refractivity contribution is 5.97. The maximum Gasteiger partial charge on any atom is 0.263 e. The Hall–Kier alpha value is -3.26. The Labute approximate surface area is 147 Å². The molecular weight excluding hydrogens is 314 g/mol. The van der Waals surface area contributed by atoms with Gasteiger partial charge in [0.05, 0.1) is 7.11 Å². The Morgan fingerprint density at radius 3 is 2.76 bits per heavy atom. The van der Waals surface area contributed by atoms with E-state index in [0.29, 0.717) is 6.54 Å². The molecule has 0 aliphatic carbocycles. The number of fused-ring (bicyclic) bond motifs is 1. The van der Waals surface area contributed by atoms with Crippen LogP contribution in [0.15, 0.2) is 60.3 Å². The highest BCUT2D eigenvalue weighted by atomic mass is 16.5. The van der Waals surface area contributed by atoms with Crippen LogP contribution in [0.5, 0.6) is 5.75 Å². The molecule has 0 bridgehead atoms. The fraction of sp³-hybridized carbons (Fsp3) is 0.200. The number of nitriles is 1. The number of nitrogens with one attached hydrogen (secondary N) is 1. The van der Waals surface area contributed by atoms with Crippen molar-refractivity contribution in [1.82, 2.24) is 5.32 Å². The van der Waals surface area contributed by atoms with E-state index in [0.717, 1.165) is 30.0 Å². The smallest absolute Gasteiger partial charge is 0.263 e. The van der Waals surface area contributed by atoms with Crippen LogP contribution in [0.25, 0.3) is 0 Å².